The van der Waals surface area contributed by atoms with Crippen molar-refractivity contribution in [3.05, 3.63) is 73.8 Å². The lowest BCUT2D eigenvalue weighted by Gasteiger charge is -2.07. The number of benzene rings is 2. The van der Waals surface area contributed by atoms with Crippen LogP contribution in [0.1, 0.15) is 20.7 Å². The lowest BCUT2D eigenvalue weighted by Crippen LogP contribution is -2.16. The van der Waals surface area contributed by atoms with Crippen molar-refractivity contribution < 1.29 is 24.5 Å². The Labute approximate surface area is 133 Å². The molecule has 2 aromatic carbocycles. The van der Waals surface area contributed by atoms with Gasteiger partial charge in [0.25, 0.3) is 17.3 Å². The number of aromatic carboxylic acids is 1. The van der Waals surface area contributed by atoms with Crippen molar-refractivity contribution in [3.8, 4) is 0 Å². The quantitative estimate of drug-likeness (QED) is 0.630. The first-order chi connectivity index (χ1) is 11.3. The Kier molecular flexibility index (Phi) is 4.50. The van der Waals surface area contributed by atoms with Crippen LogP contribution in [0.2, 0.25) is 0 Å². The molecular weight excluding hydrogens is 322 g/mol. The predicted octanol–water partition coefficient (Wildman–Crippen LogP) is 2.45. The highest BCUT2D eigenvalue weighted by Crippen LogP contribution is 2.21. The summed E-state index contributed by atoms with van der Waals surface area (Å²) in [6.07, 6.45) is 0. The molecule has 0 heterocycles. The topological polar surface area (TPSA) is 153 Å². The number of rotatable bonds is 5. The Morgan fingerprint density at radius 2 is 1.54 bits per heavy atom. The van der Waals surface area contributed by atoms with E-state index in [1.807, 2.05) is 0 Å². The van der Waals surface area contributed by atoms with Crippen LogP contribution in [0.3, 0.4) is 0 Å². The molecule has 0 saturated carbocycles. The minimum Gasteiger partial charge on any atom is -0.478 e. The van der Waals surface area contributed by atoms with E-state index < -0.39 is 33.0 Å². The third-order valence-electron chi connectivity index (χ3n) is 3.00. The fraction of sp³-hybridized carbons (Fsp3) is 0. The van der Waals surface area contributed by atoms with Crippen molar-refractivity contribution in [3.63, 3.8) is 0 Å². The average Bonchev–Trinajstić information content (AvgIpc) is 2.54. The minimum absolute atomic E-state index is 0.0869. The summed E-state index contributed by atoms with van der Waals surface area (Å²) in [6, 6.07) is 7.83. The van der Waals surface area contributed by atoms with E-state index in [1.54, 1.807) is 0 Å². The summed E-state index contributed by atoms with van der Waals surface area (Å²) >= 11 is 0. The van der Waals surface area contributed by atoms with Crippen LogP contribution < -0.4 is 5.32 Å². The number of carbonyl (C=O) groups excluding carboxylic acids is 1. The highest BCUT2D eigenvalue weighted by Gasteiger charge is 2.21. The number of hydrogen-bond acceptors (Lipinski definition) is 6. The van der Waals surface area contributed by atoms with E-state index in [4.69, 9.17) is 5.11 Å². The number of non-ortho nitro benzene ring substituents is 2. The number of carboxylic acids is 1. The number of amides is 1. The first kappa shape index (κ1) is 16.5. The van der Waals surface area contributed by atoms with Crippen LogP contribution in [-0.4, -0.2) is 26.8 Å². The van der Waals surface area contributed by atoms with E-state index in [-0.39, 0.29) is 16.9 Å². The van der Waals surface area contributed by atoms with E-state index >= 15 is 0 Å². The molecule has 2 N–H and O–H groups in total. The van der Waals surface area contributed by atoms with Crippen LogP contribution in [0.4, 0.5) is 17.1 Å². The maximum atomic E-state index is 12.2. The third-order valence-corrected chi connectivity index (χ3v) is 3.00. The highest BCUT2D eigenvalue weighted by molar-refractivity contribution is 6.11. The van der Waals surface area contributed by atoms with Crippen LogP contribution in [-0.2, 0) is 0 Å². The number of carbonyl (C=O) groups is 2. The largest absolute Gasteiger partial charge is 0.478 e. The summed E-state index contributed by atoms with van der Waals surface area (Å²) in [4.78, 5) is 43.4. The van der Waals surface area contributed by atoms with Crippen LogP contribution in [0.15, 0.2) is 42.5 Å². The number of nitro benzene ring substituents is 2. The summed E-state index contributed by atoms with van der Waals surface area (Å²) in [7, 11) is 0. The summed E-state index contributed by atoms with van der Waals surface area (Å²) in [5, 5.41) is 32.8. The van der Waals surface area contributed by atoms with Crippen LogP contribution in [0.5, 0.6) is 0 Å². The normalized spacial score (nSPS) is 10.0. The van der Waals surface area contributed by atoms with Crippen molar-refractivity contribution >= 4 is 28.9 Å². The minimum atomic E-state index is -1.51. The van der Waals surface area contributed by atoms with Gasteiger partial charge in [0.15, 0.2) is 0 Å². The monoisotopic (exact) mass is 331 g/mol. The molecule has 0 fully saturated rings. The lowest BCUT2D eigenvalue weighted by atomic mass is 10.1. The summed E-state index contributed by atoms with van der Waals surface area (Å²) < 4.78 is 0. The standard InChI is InChI=1S/C14H9N3O7/c18-13(15-8-2-1-3-9(6-8)16(21)22)11-5-4-10(17(23)24)7-12(11)14(19)20/h1-7H,(H,15,18)(H,19,20). The zero-order valence-electron chi connectivity index (χ0n) is 11.8. The summed E-state index contributed by atoms with van der Waals surface area (Å²) in [5.41, 5.74) is -1.50. The maximum Gasteiger partial charge on any atom is 0.336 e. The van der Waals surface area contributed by atoms with Crippen LogP contribution in [0, 0.1) is 20.2 Å². The maximum absolute atomic E-state index is 12.2. The van der Waals surface area contributed by atoms with Gasteiger partial charge in [-0.1, -0.05) is 6.07 Å². The Balaban J connectivity index is 2.36. The molecule has 0 atom stereocenters. The molecule has 0 aliphatic rings. The molecule has 0 aliphatic carbocycles. The molecule has 0 saturated heterocycles. The van der Waals surface area contributed by atoms with E-state index in [2.05, 4.69) is 5.32 Å². The lowest BCUT2D eigenvalue weighted by molar-refractivity contribution is -0.385. The molecule has 2 rings (SSSR count). The number of nitro groups is 2. The number of anilines is 1. The van der Waals surface area contributed by atoms with Gasteiger partial charge < -0.3 is 10.4 Å². The molecular formula is C14H9N3O7. The fourth-order valence-electron chi connectivity index (χ4n) is 1.92. The average molecular weight is 331 g/mol. The summed E-state index contributed by atoms with van der Waals surface area (Å²) in [5.74, 6) is -2.37. The Bertz CT molecular complexity index is 863. The zero-order valence-corrected chi connectivity index (χ0v) is 11.8. The zero-order chi connectivity index (χ0) is 17.9. The van der Waals surface area contributed by atoms with Crippen molar-refractivity contribution in [2.45, 2.75) is 0 Å². The first-order valence-corrected chi connectivity index (χ1v) is 6.37. The molecule has 1 amide bonds. The second-order valence-corrected chi connectivity index (χ2v) is 4.55. The van der Waals surface area contributed by atoms with Gasteiger partial charge in [0.1, 0.15) is 0 Å². The van der Waals surface area contributed by atoms with Crippen LogP contribution in [0.25, 0.3) is 0 Å². The van der Waals surface area contributed by atoms with Gasteiger partial charge in [0, 0.05) is 30.0 Å². The second-order valence-electron chi connectivity index (χ2n) is 4.55. The van der Waals surface area contributed by atoms with Gasteiger partial charge in [0.05, 0.1) is 21.0 Å². The van der Waals surface area contributed by atoms with E-state index in [0.717, 1.165) is 24.3 Å². The van der Waals surface area contributed by atoms with E-state index in [9.17, 15) is 29.8 Å². The molecule has 2 aromatic rings. The Hall–Kier alpha value is -3.82. The second kappa shape index (κ2) is 6.52. The van der Waals surface area contributed by atoms with Gasteiger partial charge in [0.2, 0.25) is 0 Å². The van der Waals surface area contributed by atoms with Crippen molar-refractivity contribution in [2.24, 2.45) is 0 Å². The number of hydrogen-bond donors (Lipinski definition) is 2. The molecule has 24 heavy (non-hydrogen) atoms. The first-order valence-electron chi connectivity index (χ1n) is 6.37. The molecule has 10 nitrogen and oxygen atoms in total. The number of carboxylic acid groups (broad SMARTS) is 1. The smallest absolute Gasteiger partial charge is 0.336 e. The molecule has 0 bridgehead atoms. The SMILES string of the molecule is O=C(O)c1cc([N+](=O)[O-])ccc1C(=O)Nc1cccc([N+](=O)[O-])c1. The molecule has 0 aromatic heterocycles. The van der Waals surface area contributed by atoms with Gasteiger partial charge in [-0.2, -0.15) is 0 Å². The van der Waals surface area contributed by atoms with E-state index in [1.165, 1.54) is 18.2 Å². The molecule has 0 radical (unpaired) electrons. The van der Waals surface area contributed by atoms with E-state index in [0.29, 0.717) is 0 Å². The third kappa shape index (κ3) is 3.50. The van der Waals surface area contributed by atoms with Crippen molar-refractivity contribution in [1.82, 2.24) is 0 Å². The van der Waals surface area contributed by atoms with Crippen molar-refractivity contribution in [1.29, 1.82) is 0 Å². The van der Waals surface area contributed by atoms with Crippen LogP contribution >= 0.6 is 0 Å². The van der Waals surface area contributed by atoms with Gasteiger partial charge in [-0.3, -0.25) is 25.0 Å². The molecule has 0 unspecified atom stereocenters. The van der Waals surface area contributed by atoms with Gasteiger partial charge in [-0.05, 0) is 12.1 Å². The Morgan fingerprint density at radius 3 is 2.12 bits per heavy atom. The molecule has 0 spiro atoms. The molecule has 122 valence electrons. The Morgan fingerprint density at radius 1 is 0.917 bits per heavy atom. The number of nitrogens with one attached hydrogen (secondary N) is 1. The van der Waals surface area contributed by atoms with Gasteiger partial charge in [-0.25, -0.2) is 4.79 Å². The number of nitrogens with zero attached hydrogens (tertiary/aromatic N) is 2. The summed E-state index contributed by atoms with van der Waals surface area (Å²) in [6.45, 7) is 0. The highest BCUT2D eigenvalue weighted by atomic mass is 16.6. The predicted molar refractivity (Wildman–Crippen MR) is 81.1 cm³/mol. The van der Waals surface area contributed by atoms with Gasteiger partial charge in [-0.15, -0.1) is 0 Å². The van der Waals surface area contributed by atoms with Crippen molar-refractivity contribution in [2.75, 3.05) is 5.32 Å². The molecule has 0 aliphatic heterocycles. The molecule has 10 heteroatoms. The van der Waals surface area contributed by atoms with Gasteiger partial charge >= 0.3 is 5.97 Å². The fourth-order valence-corrected chi connectivity index (χ4v) is 1.92.